The topological polar surface area (TPSA) is 63.2 Å². The van der Waals surface area contributed by atoms with Gasteiger partial charge in [-0.05, 0) is 42.2 Å². The van der Waals surface area contributed by atoms with E-state index < -0.39 is 0 Å². The van der Waals surface area contributed by atoms with Crippen LogP contribution in [-0.2, 0) is 13.2 Å². The van der Waals surface area contributed by atoms with E-state index >= 15 is 0 Å². The van der Waals surface area contributed by atoms with E-state index in [1.54, 1.807) is 24.2 Å². The van der Waals surface area contributed by atoms with Gasteiger partial charge < -0.3 is 15.4 Å². The molecular formula is C21H21N3O2S. The van der Waals surface area contributed by atoms with Crippen molar-refractivity contribution in [3.63, 3.8) is 0 Å². The van der Waals surface area contributed by atoms with Gasteiger partial charge in [-0.2, -0.15) is 0 Å². The number of anilines is 1. The predicted molar refractivity (Wildman–Crippen MR) is 109 cm³/mol. The van der Waals surface area contributed by atoms with Crippen LogP contribution in [0.3, 0.4) is 0 Å². The van der Waals surface area contributed by atoms with Gasteiger partial charge in [0.15, 0.2) is 0 Å². The number of pyridine rings is 1. The summed E-state index contributed by atoms with van der Waals surface area (Å²) in [5.74, 6) is 0.779. The van der Waals surface area contributed by atoms with Crippen molar-refractivity contribution in [1.82, 2.24) is 10.3 Å². The molecule has 0 atom stereocenters. The molecular weight excluding hydrogens is 358 g/mol. The molecule has 5 nitrogen and oxygen atoms in total. The number of para-hydroxylation sites is 1. The fraction of sp³-hybridized carbons (Fsp3) is 0.143. The Hall–Kier alpha value is -2.99. The number of ether oxygens (including phenoxy) is 1. The van der Waals surface area contributed by atoms with Gasteiger partial charge in [0, 0.05) is 29.4 Å². The lowest BCUT2D eigenvalue weighted by atomic mass is 10.2. The van der Waals surface area contributed by atoms with Gasteiger partial charge >= 0.3 is 6.03 Å². The van der Waals surface area contributed by atoms with Crippen LogP contribution >= 0.6 is 11.8 Å². The van der Waals surface area contributed by atoms with Crippen LogP contribution in [0.5, 0.6) is 5.75 Å². The van der Waals surface area contributed by atoms with E-state index in [1.807, 2.05) is 66.9 Å². The second-order valence-electron chi connectivity index (χ2n) is 5.80. The molecule has 0 aliphatic heterocycles. The summed E-state index contributed by atoms with van der Waals surface area (Å²) in [4.78, 5) is 17.2. The zero-order chi connectivity index (χ0) is 18.9. The molecule has 0 bridgehead atoms. The number of aromatic nitrogens is 1. The van der Waals surface area contributed by atoms with Crippen molar-refractivity contribution in [2.24, 2.45) is 0 Å². The van der Waals surface area contributed by atoms with Crippen LogP contribution in [0.25, 0.3) is 0 Å². The number of nitrogens with zero attached hydrogens (tertiary/aromatic N) is 1. The van der Waals surface area contributed by atoms with Crippen LogP contribution in [0.4, 0.5) is 10.5 Å². The van der Waals surface area contributed by atoms with E-state index in [1.165, 1.54) is 0 Å². The Kier molecular flexibility index (Phi) is 6.71. The Balaban J connectivity index is 1.47. The summed E-state index contributed by atoms with van der Waals surface area (Å²) in [6.45, 7) is 0.916. The van der Waals surface area contributed by atoms with Gasteiger partial charge in [0.1, 0.15) is 12.4 Å². The largest absolute Gasteiger partial charge is 0.489 e. The number of benzene rings is 2. The summed E-state index contributed by atoms with van der Waals surface area (Å²) in [5, 5.41) is 5.75. The maximum Gasteiger partial charge on any atom is 0.319 e. The van der Waals surface area contributed by atoms with Gasteiger partial charge in [-0.1, -0.05) is 30.3 Å². The average molecular weight is 379 g/mol. The number of hydrogen-bond donors (Lipinski definition) is 2. The van der Waals surface area contributed by atoms with Crippen LogP contribution in [0.1, 0.15) is 11.1 Å². The monoisotopic (exact) mass is 379 g/mol. The predicted octanol–water partition coefficient (Wildman–Crippen LogP) is 4.70. The number of rotatable bonds is 7. The molecule has 2 N–H and O–H groups in total. The summed E-state index contributed by atoms with van der Waals surface area (Å²) < 4.78 is 5.74. The third kappa shape index (κ3) is 5.76. The zero-order valence-electron chi connectivity index (χ0n) is 15.0. The molecule has 0 aliphatic rings. The highest BCUT2D eigenvalue weighted by atomic mass is 32.2. The van der Waals surface area contributed by atoms with Gasteiger partial charge in [-0.25, -0.2) is 4.79 Å². The maximum atomic E-state index is 12.1. The first-order chi connectivity index (χ1) is 13.2. The summed E-state index contributed by atoms with van der Waals surface area (Å²) in [5.41, 5.74) is 2.82. The molecule has 0 saturated carbocycles. The number of carbonyl (C=O) groups excluding carboxylic acids is 1. The summed E-state index contributed by atoms with van der Waals surface area (Å²) in [6, 6.07) is 19.0. The van der Waals surface area contributed by atoms with E-state index in [0.717, 1.165) is 27.5 Å². The lowest BCUT2D eigenvalue weighted by Crippen LogP contribution is -2.28. The maximum absolute atomic E-state index is 12.1. The van der Waals surface area contributed by atoms with Crippen molar-refractivity contribution in [1.29, 1.82) is 0 Å². The number of amides is 2. The van der Waals surface area contributed by atoms with Crippen LogP contribution in [-0.4, -0.2) is 17.3 Å². The lowest BCUT2D eigenvalue weighted by Gasteiger charge is -2.11. The third-order valence-corrected chi connectivity index (χ3v) is 4.66. The zero-order valence-corrected chi connectivity index (χ0v) is 15.8. The van der Waals surface area contributed by atoms with Crippen LogP contribution < -0.4 is 15.4 Å². The van der Waals surface area contributed by atoms with Gasteiger partial charge in [0.05, 0.1) is 5.69 Å². The van der Waals surface area contributed by atoms with E-state index in [2.05, 4.69) is 15.6 Å². The molecule has 1 heterocycles. The second-order valence-corrected chi connectivity index (χ2v) is 6.65. The molecule has 0 spiro atoms. The number of hydrogen-bond acceptors (Lipinski definition) is 4. The molecule has 138 valence electrons. The summed E-state index contributed by atoms with van der Waals surface area (Å²) >= 11 is 1.60. The van der Waals surface area contributed by atoms with E-state index in [0.29, 0.717) is 13.2 Å². The van der Waals surface area contributed by atoms with Crippen molar-refractivity contribution < 1.29 is 9.53 Å². The van der Waals surface area contributed by atoms with Crippen molar-refractivity contribution in [3.05, 3.63) is 84.2 Å². The summed E-state index contributed by atoms with van der Waals surface area (Å²) in [6.07, 6.45) is 5.50. The van der Waals surface area contributed by atoms with E-state index in [-0.39, 0.29) is 6.03 Å². The Bertz CT molecular complexity index is 870. The first-order valence-electron chi connectivity index (χ1n) is 8.53. The highest BCUT2D eigenvalue weighted by Crippen LogP contribution is 2.24. The fourth-order valence-electron chi connectivity index (χ4n) is 2.45. The molecule has 6 heteroatoms. The fourth-order valence-corrected chi connectivity index (χ4v) is 3.00. The average Bonchev–Trinajstić information content (AvgIpc) is 2.72. The standard InChI is InChI=1S/C21H21N3O2S/c1-27-20-7-3-2-6-19(20)24-21(25)23-14-16-8-10-18(11-9-16)26-15-17-5-4-12-22-13-17/h2-13H,14-15H2,1H3,(H2,23,24,25). The van der Waals surface area contributed by atoms with Gasteiger partial charge in [-0.15, -0.1) is 11.8 Å². The molecule has 3 rings (SSSR count). The molecule has 2 amide bonds. The minimum absolute atomic E-state index is 0.228. The van der Waals surface area contributed by atoms with Gasteiger partial charge in [0.2, 0.25) is 0 Å². The van der Waals surface area contributed by atoms with Crippen molar-refractivity contribution in [2.45, 2.75) is 18.0 Å². The van der Waals surface area contributed by atoms with Crippen molar-refractivity contribution >= 4 is 23.5 Å². The minimum atomic E-state index is -0.228. The molecule has 2 aromatic carbocycles. The molecule has 0 saturated heterocycles. The third-order valence-electron chi connectivity index (χ3n) is 3.86. The second kappa shape index (κ2) is 9.64. The SMILES string of the molecule is CSc1ccccc1NC(=O)NCc1ccc(OCc2cccnc2)cc1. The van der Waals surface area contributed by atoms with Crippen LogP contribution in [0.2, 0.25) is 0 Å². The van der Waals surface area contributed by atoms with Crippen LogP contribution in [0, 0.1) is 0 Å². The number of thioether (sulfide) groups is 1. The first-order valence-corrected chi connectivity index (χ1v) is 9.75. The number of carbonyl (C=O) groups is 1. The molecule has 0 radical (unpaired) electrons. The number of urea groups is 1. The molecule has 1 aromatic heterocycles. The molecule has 27 heavy (non-hydrogen) atoms. The van der Waals surface area contributed by atoms with E-state index in [9.17, 15) is 4.79 Å². The smallest absolute Gasteiger partial charge is 0.319 e. The molecule has 0 aliphatic carbocycles. The normalized spacial score (nSPS) is 10.3. The Morgan fingerprint density at radius 3 is 2.59 bits per heavy atom. The van der Waals surface area contributed by atoms with Gasteiger partial charge in [0.25, 0.3) is 0 Å². The highest BCUT2D eigenvalue weighted by Gasteiger charge is 2.05. The van der Waals surface area contributed by atoms with Gasteiger partial charge in [-0.3, -0.25) is 4.98 Å². The van der Waals surface area contributed by atoms with Crippen LogP contribution in [0.15, 0.2) is 78.0 Å². The Labute approximate surface area is 163 Å². The molecule has 3 aromatic rings. The highest BCUT2D eigenvalue weighted by molar-refractivity contribution is 7.98. The number of nitrogens with one attached hydrogen (secondary N) is 2. The quantitative estimate of drug-likeness (QED) is 0.584. The minimum Gasteiger partial charge on any atom is -0.489 e. The molecule has 0 fully saturated rings. The van der Waals surface area contributed by atoms with E-state index in [4.69, 9.17) is 4.74 Å². The molecule has 0 unspecified atom stereocenters. The lowest BCUT2D eigenvalue weighted by molar-refractivity contribution is 0.251. The van der Waals surface area contributed by atoms with Crippen molar-refractivity contribution in [2.75, 3.05) is 11.6 Å². The summed E-state index contributed by atoms with van der Waals surface area (Å²) in [7, 11) is 0. The first kappa shape index (κ1) is 18.8. The Morgan fingerprint density at radius 1 is 1.04 bits per heavy atom. The van der Waals surface area contributed by atoms with Crippen molar-refractivity contribution in [3.8, 4) is 5.75 Å². The Morgan fingerprint density at radius 2 is 1.85 bits per heavy atom.